The van der Waals surface area contributed by atoms with E-state index in [-0.39, 0.29) is 24.4 Å². The second-order valence-electron chi connectivity index (χ2n) is 4.84. The predicted molar refractivity (Wildman–Crippen MR) is 77.9 cm³/mol. The average molecular weight is 345 g/mol. The Labute approximate surface area is 126 Å². The van der Waals surface area contributed by atoms with Gasteiger partial charge in [0.1, 0.15) is 5.82 Å². The second kappa shape index (κ2) is 7.04. The molecule has 1 heterocycles. The van der Waals surface area contributed by atoms with Gasteiger partial charge in [-0.25, -0.2) is 9.18 Å². The largest absolute Gasteiger partial charge is 0.380 e. The number of hydrogen-bond donors (Lipinski definition) is 1. The lowest BCUT2D eigenvalue weighted by Crippen LogP contribution is -2.45. The van der Waals surface area contributed by atoms with E-state index >= 15 is 0 Å². The highest BCUT2D eigenvalue weighted by atomic mass is 79.9. The second-order valence-corrected chi connectivity index (χ2v) is 5.75. The number of nitrogens with zero attached hydrogens (tertiary/aromatic N) is 1. The van der Waals surface area contributed by atoms with Crippen LogP contribution in [0.15, 0.2) is 22.7 Å². The van der Waals surface area contributed by atoms with Crippen molar-refractivity contribution in [1.82, 2.24) is 10.2 Å². The average Bonchev–Trinajstić information content (AvgIpc) is 2.62. The molecule has 0 radical (unpaired) electrons. The number of halogens is 2. The summed E-state index contributed by atoms with van der Waals surface area (Å²) in [5.41, 5.74) is 0.472. The van der Waals surface area contributed by atoms with E-state index in [1.807, 2.05) is 6.92 Å². The molecule has 0 unspecified atom stereocenters. The Morgan fingerprint density at radius 3 is 3.10 bits per heavy atom. The lowest BCUT2D eigenvalue weighted by molar-refractivity contribution is 0.142. The summed E-state index contributed by atoms with van der Waals surface area (Å²) in [7, 11) is 0. The molecule has 1 aliphatic heterocycles. The van der Waals surface area contributed by atoms with E-state index in [0.29, 0.717) is 29.8 Å². The number of benzene rings is 1. The summed E-state index contributed by atoms with van der Waals surface area (Å²) in [6.07, 6.45) is 0.820. The molecule has 0 bridgehead atoms. The maximum absolute atomic E-state index is 13.7. The van der Waals surface area contributed by atoms with E-state index in [2.05, 4.69) is 21.2 Å². The molecule has 1 N–H and O–H groups in total. The lowest BCUT2D eigenvalue weighted by Gasteiger charge is -2.26. The van der Waals surface area contributed by atoms with Crippen LogP contribution in [0.25, 0.3) is 0 Å². The van der Waals surface area contributed by atoms with E-state index < -0.39 is 0 Å². The zero-order valence-corrected chi connectivity index (χ0v) is 13.0. The van der Waals surface area contributed by atoms with Gasteiger partial charge in [-0.15, -0.1) is 0 Å². The van der Waals surface area contributed by atoms with Gasteiger partial charge in [-0.05, 0) is 25.5 Å². The van der Waals surface area contributed by atoms with Gasteiger partial charge in [0.05, 0.1) is 6.61 Å². The number of urea groups is 1. The zero-order chi connectivity index (χ0) is 14.5. The highest BCUT2D eigenvalue weighted by Gasteiger charge is 2.22. The van der Waals surface area contributed by atoms with Crippen molar-refractivity contribution in [1.29, 1.82) is 0 Å². The first-order chi connectivity index (χ1) is 9.58. The standard InChI is InChI=1S/C14H18BrFN2O2/c1-10-4-6-20-7-5-18(10)14(19)17-9-11-2-3-12(15)8-13(11)16/h2-3,8,10H,4-7,9H2,1H3,(H,17,19)/t10-/m0/s1. The molecule has 1 aliphatic rings. The summed E-state index contributed by atoms with van der Waals surface area (Å²) in [5.74, 6) is -0.327. The molecule has 1 aromatic carbocycles. The fraction of sp³-hybridized carbons (Fsp3) is 0.500. The minimum atomic E-state index is -0.327. The van der Waals surface area contributed by atoms with Crippen molar-refractivity contribution in [3.8, 4) is 0 Å². The molecule has 1 aromatic rings. The molecule has 0 aromatic heterocycles. The van der Waals surface area contributed by atoms with Gasteiger partial charge in [0, 0.05) is 35.8 Å². The molecule has 1 saturated heterocycles. The van der Waals surface area contributed by atoms with Crippen molar-refractivity contribution in [2.45, 2.75) is 25.9 Å². The Morgan fingerprint density at radius 1 is 1.55 bits per heavy atom. The van der Waals surface area contributed by atoms with E-state index in [1.165, 1.54) is 6.07 Å². The van der Waals surface area contributed by atoms with Crippen LogP contribution in [0.1, 0.15) is 18.9 Å². The SMILES string of the molecule is C[C@H]1CCOCCN1C(=O)NCc1ccc(Br)cc1F. The van der Waals surface area contributed by atoms with Crippen molar-refractivity contribution in [3.63, 3.8) is 0 Å². The number of rotatable bonds is 2. The van der Waals surface area contributed by atoms with Crippen molar-refractivity contribution < 1.29 is 13.9 Å². The van der Waals surface area contributed by atoms with Crippen LogP contribution in [0.3, 0.4) is 0 Å². The normalized spacial score (nSPS) is 19.6. The number of hydrogen-bond acceptors (Lipinski definition) is 2. The highest BCUT2D eigenvalue weighted by Crippen LogP contribution is 2.15. The lowest BCUT2D eigenvalue weighted by atomic mass is 10.2. The van der Waals surface area contributed by atoms with Crippen LogP contribution in [-0.2, 0) is 11.3 Å². The van der Waals surface area contributed by atoms with Gasteiger partial charge >= 0.3 is 6.03 Å². The maximum atomic E-state index is 13.7. The third-order valence-electron chi connectivity index (χ3n) is 3.39. The quantitative estimate of drug-likeness (QED) is 0.896. The fourth-order valence-corrected chi connectivity index (χ4v) is 2.47. The summed E-state index contributed by atoms with van der Waals surface area (Å²) in [6.45, 7) is 3.96. The van der Waals surface area contributed by atoms with Gasteiger partial charge in [-0.2, -0.15) is 0 Å². The van der Waals surface area contributed by atoms with Crippen LogP contribution in [0.4, 0.5) is 9.18 Å². The number of carbonyl (C=O) groups is 1. The molecule has 0 saturated carbocycles. The van der Waals surface area contributed by atoms with Gasteiger partial charge in [0.25, 0.3) is 0 Å². The molecule has 110 valence electrons. The topological polar surface area (TPSA) is 41.6 Å². The van der Waals surface area contributed by atoms with E-state index in [0.717, 1.165) is 6.42 Å². The summed E-state index contributed by atoms with van der Waals surface area (Å²) >= 11 is 3.21. The van der Waals surface area contributed by atoms with Crippen molar-refractivity contribution in [2.75, 3.05) is 19.8 Å². The number of amides is 2. The van der Waals surface area contributed by atoms with Gasteiger partial charge in [-0.3, -0.25) is 0 Å². The zero-order valence-electron chi connectivity index (χ0n) is 11.4. The molecule has 2 rings (SSSR count). The number of carbonyl (C=O) groups excluding carboxylic acids is 1. The molecule has 4 nitrogen and oxygen atoms in total. The Morgan fingerprint density at radius 2 is 2.35 bits per heavy atom. The summed E-state index contributed by atoms with van der Waals surface area (Å²) in [6, 6.07) is 4.77. The van der Waals surface area contributed by atoms with Crippen LogP contribution in [-0.4, -0.2) is 36.7 Å². The van der Waals surface area contributed by atoms with Crippen LogP contribution < -0.4 is 5.32 Å². The van der Waals surface area contributed by atoms with E-state index in [4.69, 9.17) is 4.74 Å². The van der Waals surface area contributed by atoms with Gasteiger partial charge < -0.3 is 15.0 Å². The summed E-state index contributed by atoms with van der Waals surface area (Å²) in [5, 5.41) is 2.76. The fourth-order valence-electron chi connectivity index (χ4n) is 2.13. The smallest absolute Gasteiger partial charge is 0.317 e. The number of ether oxygens (including phenoxy) is 1. The molecular weight excluding hydrogens is 327 g/mol. The maximum Gasteiger partial charge on any atom is 0.317 e. The van der Waals surface area contributed by atoms with Gasteiger partial charge in [-0.1, -0.05) is 22.0 Å². The first kappa shape index (κ1) is 15.3. The summed E-state index contributed by atoms with van der Waals surface area (Å²) < 4.78 is 19.7. The summed E-state index contributed by atoms with van der Waals surface area (Å²) in [4.78, 5) is 13.9. The molecule has 6 heteroatoms. The van der Waals surface area contributed by atoms with Crippen LogP contribution >= 0.6 is 15.9 Å². The molecular formula is C14H18BrFN2O2. The third-order valence-corrected chi connectivity index (χ3v) is 3.89. The number of nitrogens with one attached hydrogen (secondary N) is 1. The van der Waals surface area contributed by atoms with Crippen LogP contribution in [0, 0.1) is 5.82 Å². The van der Waals surface area contributed by atoms with Crippen molar-refractivity contribution in [3.05, 3.63) is 34.1 Å². The molecule has 0 aliphatic carbocycles. The Hall–Kier alpha value is -1.14. The monoisotopic (exact) mass is 344 g/mol. The Bertz CT molecular complexity index is 484. The Kier molecular flexibility index (Phi) is 5.37. The van der Waals surface area contributed by atoms with Crippen LogP contribution in [0.5, 0.6) is 0 Å². The molecule has 2 amide bonds. The van der Waals surface area contributed by atoms with Gasteiger partial charge in [0.2, 0.25) is 0 Å². The molecule has 20 heavy (non-hydrogen) atoms. The van der Waals surface area contributed by atoms with Gasteiger partial charge in [0.15, 0.2) is 0 Å². The first-order valence-electron chi connectivity index (χ1n) is 6.64. The minimum Gasteiger partial charge on any atom is -0.380 e. The molecule has 0 spiro atoms. The van der Waals surface area contributed by atoms with Crippen molar-refractivity contribution in [2.24, 2.45) is 0 Å². The predicted octanol–water partition coefficient (Wildman–Crippen LogP) is 2.91. The van der Waals surface area contributed by atoms with E-state index in [9.17, 15) is 9.18 Å². The van der Waals surface area contributed by atoms with Crippen LogP contribution in [0.2, 0.25) is 0 Å². The van der Waals surface area contributed by atoms with Crippen molar-refractivity contribution >= 4 is 22.0 Å². The Balaban J connectivity index is 1.93. The van der Waals surface area contributed by atoms with E-state index in [1.54, 1.807) is 17.0 Å². The molecule has 1 atom stereocenters. The minimum absolute atomic E-state index is 0.132. The first-order valence-corrected chi connectivity index (χ1v) is 7.43. The molecule has 1 fully saturated rings. The highest BCUT2D eigenvalue weighted by molar-refractivity contribution is 9.10. The third kappa shape index (κ3) is 3.93.